The van der Waals surface area contributed by atoms with Crippen LogP contribution in [-0.4, -0.2) is 22.3 Å². The van der Waals surface area contributed by atoms with Gasteiger partial charge in [0.1, 0.15) is 0 Å². The van der Waals surface area contributed by atoms with E-state index < -0.39 is 0 Å². The molecule has 0 aromatic heterocycles. The fourth-order valence-corrected chi connectivity index (χ4v) is 0.319. The van der Waals surface area contributed by atoms with Crippen molar-refractivity contribution in [2.24, 2.45) is 5.92 Å². The first-order valence-corrected chi connectivity index (χ1v) is 2.76. The van der Waals surface area contributed by atoms with Gasteiger partial charge < -0.3 is 6.92 Å². The van der Waals surface area contributed by atoms with Crippen LogP contribution in [0.15, 0.2) is 0 Å². The first-order chi connectivity index (χ1) is 3.55. The van der Waals surface area contributed by atoms with Gasteiger partial charge in [0.05, 0.1) is 4.99 Å². The van der Waals surface area contributed by atoms with Crippen LogP contribution in [0, 0.1) is 12.8 Å². The molecule has 4 heteroatoms. The Kier molecular flexibility index (Phi) is 7.14. The average Bonchev–Trinajstić information content (AvgIpc) is 1.64. The molecule has 0 bridgehead atoms. The third-order valence-corrected chi connectivity index (χ3v) is 1.41. The standard InChI is InChI=1S/C5H10NOS.Zn/c1-4(2)5(8)6(3)7;/h4,7H,1H2,2-3H3;/q-1;. The Morgan fingerprint density at radius 3 is 2.11 bits per heavy atom. The number of rotatable bonds is 1. The van der Waals surface area contributed by atoms with Crippen LogP contribution < -0.4 is 0 Å². The number of nitrogens with zero attached hydrogens (tertiary/aromatic N) is 1. The molecule has 0 rings (SSSR count). The fourth-order valence-electron chi connectivity index (χ4n) is 0.319. The Hall–Kier alpha value is 0.473. The molecule has 0 radical (unpaired) electrons. The van der Waals surface area contributed by atoms with Crippen LogP contribution in [-0.2, 0) is 19.5 Å². The molecule has 0 aliphatic rings. The fraction of sp³-hybridized carbons (Fsp3) is 0.600. The molecule has 0 aromatic rings. The van der Waals surface area contributed by atoms with Crippen LogP contribution >= 0.6 is 12.2 Å². The molecule has 0 heterocycles. The molecule has 0 aliphatic carbocycles. The predicted molar refractivity (Wildman–Crippen MR) is 36.7 cm³/mol. The maximum atomic E-state index is 8.64. The third kappa shape index (κ3) is 4.95. The molecule has 0 fully saturated rings. The van der Waals surface area contributed by atoms with Crippen molar-refractivity contribution in [3.63, 3.8) is 0 Å². The van der Waals surface area contributed by atoms with Crippen LogP contribution in [0.25, 0.3) is 0 Å². The van der Waals surface area contributed by atoms with Gasteiger partial charge in [-0.1, -0.05) is 19.1 Å². The maximum Gasteiger partial charge on any atom is 0.0760 e. The molecular formula is C5H10NOSZn-. The van der Waals surface area contributed by atoms with Crippen molar-refractivity contribution in [2.75, 3.05) is 7.05 Å². The second-order valence-electron chi connectivity index (χ2n) is 1.76. The van der Waals surface area contributed by atoms with E-state index in [1.165, 1.54) is 7.05 Å². The molecular weight excluding hydrogens is 188 g/mol. The zero-order valence-corrected chi connectivity index (χ0v) is 9.58. The maximum absolute atomic E-state index is 8.64. The molecule has 1 unspecified atom stereocenters. The first kappa shape index (κ1) is 12.2. The summed E-state index contributed by atoms with van der Waals surface area (Å²) < 4.78 is 0. The molecule has 50 valence electrons. The van der Waals surface area contributed by atoms with E-state index in [2.05, 4.69) is 6.92 Å². The largest absolute Gasteiger partial charge is 0.334 e. The molecule has 0 saturated carbocycles. The van der Waals surface area contributed by atoms with E-state index in [1.54, 1.807) is 0 Å². The van der Waals surface area contributed by atoms with Gasteiger partial charge in [0.25, 0.3) is 0 Å². The Morgan fingerprint density at radius 2 is 2.11 bits per heavy atom. The van der Waals surface area contributed by atoms with Gasteiger partial charge in [-0.05, 0) is 0 Å². The summed E-state index contributed by atoms with van der Waals surface area (Å²) in [5.74, 6) is -0.000000000000000444. The summed E-state index contributed by atoms with van der Waals surface area (Å²) in [6.45, 7) is 5.45. The molecule has 9 heavy (non-hydrogen) atoms. The van der Waals surface area contributed by atoms with Crippen molar-refractivity contribution < 1.29 is 24.7 Å². The molecule has 1 atom stereocenters. The Morgan fingerprint density at radius 1 is 1.78 bits per heavy atom. The minimum absolute atomic E-state index is 0. The van der Waals surface area contributed by atoms with E-state index in [0.29, 0.717) is 4.99 Å². The normalized spacial score (nSPS) is 11.6. The van der Waals surface area contributed by atoms with E-state index in [0.717, 1.165) is 5.06 Å². The second-order valence-corrected chi connectivity index (χ2v) is 2.18. The Balaban J connectivity index is 0. The minimum Gasteiger partial charge on any atom is -0.334 e. The van der Waals surface area contributed by atoms with Gasteiger partial charge in [0.2, 0.25) is 0 Å². The molecule has 0 amide bonds. The van der Waals surface area contributed by atoms with E-state index >= 15 is 0 Å². The molecule has 2 nitrogen and oxygen atoms in total. The van der Waals surface area contributed by atoms with E-state index in [4.69, 9.17) is 17.4 Å². The van der Waals surface area contributed by atoms with Crippen LogP contribution in [0.1, 0.15) is 6.92 Å². The third-order valence-electron chi connectivity index (χ3n) is 0.741. The Bertz CT molecular complexity index is 85.0. The number of hydrogen-bond acceptors (Lipinski definition) is 2. The quantitative estimate of drug-likeness (QED) is 0.295. The van der Waals surface area contributed by atoms with Crippen molar-refractivity contribution in [1.82, 2.24) is 5.06 Å². The monoisotopic (exact) mass is 196 g/mol. The van der Waals surface area contributed by atoms with Crippen LogP contribution in [0.2, 0.25) is 0 Å². The summed E-state index contributed by atoms with van der Waals surface area (Å²) in [5, 5.41) is 9.55. The Labute approximate surface area is 73.9 Å². The van der Waals surface area contributed by atoms with Crippen molar-refractivity contribution in [3.05, 3.63) is 6.92 Å². The molecule has 0 aromatic carbocycles. The first-order valence-electron chi connectivity index (χ1n) is 2.35. The van der Waals surface area contributed by atoms with Crippen LogP contribution in [0.4, 0.5) is 0 Å². The van der Waals surface area contributed by atoms with Crippen LogP contribution in [0.5, 0.6) is 0 Å². The minimum atomic E-state index is -0.000000000000000444. The van der Waals surface area contributed by atoms with Crippen molar-refractivity contribution in [1.29, 1.82) is 0 Å². The summed E-state index contributed by atoms with van der Waals surface area (Å²) in [6.07, 6.45) is 0. The summed E-state index contributed by atoms with van der Waals surface area (Å²) >= 11 is 4.72. The van der Waals surface area contributed by atoms with E-state index in [9.17, 15) is 0 Å². The van der Waals surface area contributed by atoms with Gasteiger partial charge in [0.15, 0.2) is 0 Å². The molecule has 0 aliphatic heterocycles. The van der Waals surface area contributed by atoms with E-state index in [-0.39, 0.29) is 25.4 Å². The average molecular weight is 198 g/mol. The van der Waals surface area contributed by atoms with Gasteiger partial charge in [-0.25, -0.2) is 0 Å². The SMILES string of the molecule is [CH2-]C(C)C(=S)N(C)O.[Zn]. The number of hydrogen-bond donors (Lipinski definition) is 1. The molecule has 0 spiro atoms. The van der Waals surface area contributed by atoms with E-state index in [1.807, 2.05) is 6.92 Å². The zero-order chi connectivity index (χ0) is 6.73. The summed E-state index contributed by atoms with van der Waals surface area (Å²) in [6, 6.07) is 0. The van der Waals surface area contributed by atoms with Gasteiger partial charge in [-0.15, -0.1) is 5.92 Å². The smallest absolute Gasteiger partial charge is 0.0760 e. The second kappa shape index (κ2) is 5.27. The van der Waals surface area contributed by atoms with Crippen molar-refractivity contribution in [3.8, 4) is 0 Å². The van der Waals surface area contributed by atoms with Crippen molar-refractivity contribution >= 4 is 17.2 Å². The van der Waals surface area contributed by atoms with Gasteiger partial charge in [-0.2, -0.15) is 0 Å². The summed E-state index contributed by atoms with van der Waals surface area (Å²) in [4.78, 5) is 0.463. The topological polar surface area (TPSA) is 23.5 Å². The zero-order valence-electron chi connectivity index (χ0n) is 5.79. The van der Waals surface area contributed by atoms with Gasteiger partial charge in [0, 0.05) is 26.5 Å². The van der Waals surface area contributed by atoms with Crippen LogP contribution in [0.3, 0.4) is 0 Å². The predicted octanol–water partition coefficient (Wildman–Crippen LogP) is 1.10. The summed E-state index contributed by atoms with van der Waals surface area (Å²) in [7, 11) is 1.49. The number of thiocarbonyl (C=S) groups is 1. The van der Waals surface area contributed by atoms with Gasteiger partial charge >= 0.3 is 0 Å². The number of hydroxylamine groups is 2. The van der Waals surface area contributed by atoms with Crippen molar-refractivity contribution in [2.45, 2.75) is 6.92 Å². The molecule has 1 N–H and O–H groups in total. The molecule has 0 saturated heterocycles. The summed E-state index contributed by atoms with van der Waals surface area (Å²) in [5.41, 5.74) is 0. The van der Waals surface area contributed by atoms with Gasteiger partial charge in [-0.3, -0.25) is 10.3 Å².